The first-order chi connectivity index (χ1) is 11.6. The third-order valence-corrected chi connectivity index (χ3v) is 10.3. The van der Waals surface area contributed by atoms with E-state index in [4.69, 9.17) is 14.2 Å². The van der Waals surface area contributed by atoms with Gasteiger partial charge in [0.25, 0.3) is 0 Å². The van der Waals surface area contributed by atoms with Crippen molar-refractivity contribution in [1.82, 2.24) is 0 Å². The summed E-state index contributed by atoms with van der Waals surface area (Å²) in [6.45, 7) is 13.0. The molecule has 4 unspecified atom stereocenters. The maximum atomic E-state index is 10.6. The molecular weight excluding hydrogens is 330 g/mol. The van der Waals surface area contributed by atoms with Crippen LogP contribution in [-0.2, 0) is 9.16 Å². The number of aliphatic hydroxyl groups excluding tert-OH is 1. The predicted molar refractivity (Wildman–Crippen MR) is 103 cm³/mol. The summed E-state index contributed by atoms with van der Waals surface area (Å²) in [5.41, 5.74) is 0.284. The number of nitrogens with zero attached hydrogens (tertiary/aromatic N) is 1. The molecule has 0 radical (unpaired) electrons. The molecule has 1 heterocycles. The Balaban J connectivity index is 1.96. The Labute approximate surface area is 151 Å². The molecule has 25 heavy (non-hydrogen) atoms. The van der Waals surface area contributed by atoms with Crippen molar-refractivity contribution in [2.75, 3.05) is 0 Å². The second-order valence-electron chi connectivity index (χ2n) is 8.58. The second kappa shape index (κ2) is 6.08. The second-order valence-corrected chi connectivity index (χ2v) is 13.3. The van der Waals surface area contributed by atoms with E-state index in [0.29, 0.717) is 5.90 Å². The highest BCUT2D eigenvalue weighted by molar-refractivity contribution is 6.74. The Morgan fingerprint density at radius 2 is 1.84 bits per heavy atom. The van der Waals surface area contributed by atoms with Gasteiger partial charge in [-0.05, 0) is 37.2 Å². The lowest BCUT2D eigenvalue weighted by atomic mass is 9.91. The van der Waals surface area contributed by atoms with Crippen molar-refractivity contribution in [2.45, 2.75) is 69.7 Å². The van der Waals surface area contributed by atoms with E-state index < -0.39 is 26.1 Å². The van der Waals surface area contributed by atoms with Crippen LogP contribution < -0.4 is 0 Å². The molecule has 1 N–H and O–H groups in total. The average Bonchev–Trinajstić information content (AvgIpc) is 3.03. The highest BCUT2D eigenvalue weighted by atomic mass is 28.4. The highest BCUT2D eigenvalue weighted by Crippen LogP contribution is 2.45. The van der Waals surface area contributed by atoms with Gasteiger partial charge in [0.05, 0.1) is 6.10 Å². The molecule has 1 aromatic rings. The summed E-state index contributed by atoms with van der Waals surface area (Å²) >= 11 is 0. The summed E-state index contributed by atoms with van der Waals surface area (Å²) in [5.74, 6) is 0.621. The van der Waals surface area contributed by atoms with E-state index >= 15 is 0 Å². The summed E-state index contributed by atoms with van der Waals surface area (Å²) < 4.78 is 12.7. The number of hydrogen-bond donors (Lipinski definition) is 1. The van der Waals surface area contributed by atoms with Crippen LogP contribution in [0.1, 0.15) is 33.3 Å². The van der Waals surface area contributed by atoms with E-state index in [1.807, 2.05) is 43.3 Å². The molecule has 2 aliphatic rings. The fourth-order valence-corrected chi connectivity index (χ4v) is 4.43. The van der Waals surface area contributed by atoms with E-state index in [2.05, 4.69) is 33.9 Å². The molecule has 5 heteroatoms. The molecule has 4 nitrogen and oxygen atoms in total. The zero-order valence-electron chi connectivity index (χ0n) is 16.0. The minimum absolute atomic E-state index is 0.0607. The summed E-state index contributed by atoms with van der Waals surface area (Å²) in [7, 11) is -2.06. The molecule has 3 rings (SSSR count). The number of aliphatic imine (C=N–C) groups is 1. The number of hydrogen-bond acceptors (Lipinski definition) is 4. The molecule has 1 aliphatic heterocycles. The molecule has 0 bridgehead atoms. The lowest BCUT2D eigenvalue weighted by Crippen LogP contribution is -2.55. The van der Waals surface area contributed by atoms with Crippen molar-refractivity contribution >= 4 is 14.2 Å². The zero-order chi connectivity index (χ0) is 18.5. The fourth-order valence-electron chi connectivity index (χ4n) is 3.12. The molecule has 0 amide bonds. The monoisotopic (exact) mass is 359 g/mol. The molecule has 0 fully saturated rings. The minimum atomic E-state index is -2.06. The molecule has 0 aromatic heterocycles. The summed E-state index contributed by atoms with van der Waals surface area (Å²) in [4.78, 5) is 4.91. The van der Waals surface area contributed by atoms with E-state index in [-0.39, 0.29) is 11.1 Å². The first kappa shape index (κ1) is 18.4. The van der Waals surface area contributed by atoms with Crippen LogP contribution in [0.2, 0.25) is 18.1 Å². The molecule has 1 spiro atoms. The molecular formula is C20H29NO3Si. The van der Waals surface area contributed by atoms with Gasteiger partial charge in [-0.1, -0.05) is 51.1 Å². The van der Waals surface area contributed by atoms with Crippen LogP contribution >= 0.6 is 0 Å². The quantitative estimate of drug-likeness (QED) is 0.657. The van der Waals surface area contributed by atoms with Crippen LogP contribution in [0.4, 0.5) is 0 Å². The van der Waals surface area contributed by atoms with Gasteiger partial charge in [0.1, 0.15) is 17.7 Å². The van der Waals surface area contributed by atoms with Crippen LogP contribution in [0.3, 0.4) is 0 Å². The fraction of sp³-hybridized carbons (Fsp3) is 0.550. The number of ether oxygens (including phenoxy) is 1. The first-order valence-corrected chi connectivity index (χ1v) is 11.8. The largest absolute Gasteiger partial charge is 0.471 e. The maximum Gasteiger partial charge on any atom is 0.217 e. The lowest BCUT2D eigenvalue weighted by molar-refractivity contribution is 0.00574. The summed E-state index contributed by atoms with van der Waals surface area (Å²) in [6.07, 6.45) is 2.50. The lowest BCUT2D eigenvalue weighted by Gasteiger charge is -2.43. The molecule has 0 saturated heterocycles. The van der Waals surface area contributed by atoms with E-state index in [1.54, 1.807) is 6.08 Å². The third kappa shape index (κ3) is 3.09. The molecule has 0 saturated carbocycles. The van der Waals surface area contributed by atoms with Gasteiger partial charge in [0, 0.05) is 5.56 Å². The van der Waals surface area contributed by atoms with Crippen molar-refractivity contribution in [2.24, 2.45) is 4.99 Å². The number of aliphatic hydroxyl groups is 1. The Morgan fingerprint density at radius 3 is 2.44 bits per heavy atom. The summed E-state index contributed by atoms with van der Waals surface area (Å²) in [5, 5.41) is 10.7. The average molecular weight is 360 g/mol. The van der Waals surface area contributed by atoms with Gasteiger partial charge in [-0.2, -0.15) is 0 Å². The minimum Gasteiger partial charge on any atom is -0.471 e. The Hall–Kier alpha value is -1.43. The van der Waals surface area contributed by atoms with Crippen molar-refractivity contribution in [1.29, 1.82) is 0 Å². The van der Waals surface area contributed by atoms with E-state index in [9.17, 15) is 5.11 Å². The maximum absolute atomic E-state index is 10.6. The van der Waals surface area contributed by atoms with Crippen molar-refractivity contribution in [3.63, 3.8) is 0 Å². The Morgan fingerprint density at radius 1 is 1.20 bits per heavy atom. The van der Waals surface area contributed by atoms with Crippen LogP contribution in [-0.4, -0.2) is 43.2 Å². The van der Waals surface area contributed by atoms with Crippen molar-refractivity contribution in [3.8, 4) is 0 Å². The number of rotatable bonds is 3. The summed E-state index contributed by atoms with van der Waals surface area (Å²) in [6, 6.07) is 9.90. The van der Waals surface area contributed by atoms with Gasteiger partial charge in [-0.3, -0.25) is 0 Å². The molecule has 136 valence electrons. The normalized spacial score (nSPS) is 32.1. The van der Waals surface area contributed by atoms with Gasteiger partial charge < -0.3 is 14.3 Å². The van der Waals surface area contributed by atoms with Crippen LogP contribution in [0, 0.1) is 0 Å². The Kier molecular flexibility index (Phi) is 4.46. The van der Waals surface area contributed by atoms with Crippen LogP contribution in [0.5, 0.6) is 0 Å². The van der Waals surface area contributed by atoms with Crippen molar-refractivity contribution in [3.05, 3.63) is 48.0 Å². The first-order valence-electron chi connectivity index (χ1n) is 8.94. The predicted octanol–water partition coefficient (Wildman–Crippen LogP) is 3.91. The molecule has 1 aliphatic carbocycles. The Bertz CT molecular complexity index is 693. The number of benzene rings is 1. The van der Waals surface area contributed by atoms with Gasteiger partial charge in [-0.15, -0.1) is 0 Å². The van der Waals surface area contributed by atoms with Crippen molar-refractivity contribution < 1.29 is 14.3 Å². The van der Waals surface area contributed by atoms with Gasteiger partial charge in [0.15, 0.2) is 8.32 Å². The van der Waals surface area contributed by atoms with Crippen LogP contribution in [0.25, 0.3) is 0 Å². The van der Waals surface area contributed by atoms with E-state index in [1.165, 1.54) is 0 Å². The van der Waals surface area contributed by atoms with Gasteiger partial charge in [0.2, 0.25) is 5.90 Å². The zero-order valence-corrected chi connectivity index (χ0v) is 17.0. The molecule has 1 aromatic carbocycles. The standard InChI is InChI=1S/C20H29NO3Si/c1-14-20(21-18(23-14)15-10-8-7-9-11-15)13-12-16(22)17(20)24-25(5,6)19(2,3)4/h7-14,16-17,22H,1-6H3. The third-order valence-electron chi connectivity index (χ3n) is 5.81. The topological polar surface area (TPSA) is 51.0 Å². The highest BCUT2D eigenvalue weighted by Gasteiger charge is 2.56. The SMILES string of the molecule is CC1OC(c2ccccc2)=NC12C=CC(O)C2O[Si](C)(C)C(C)(C)C. The smallest absolute Gasteiger partial charge is 0.217 e. The van der Waals surface area contributed by atoms with Crippen LogP contribution in [0.15, 0.2) is 47.5 Å². The van der Waals surface area contributed by atoms with E-state index in [0.717, 1.165) is 5.56 Å². The van der Waals surface area contributed by atoms with Gasteiger partial charge >= 0.3 is 0 Å². The van der Waals surface area contributed by atoms with Gasteiger partial charge in [-0.25, -0.2) is 4.99 Å². The molecule has 4 atom stereocenters.